The molecule has 23 heavy (non-hydrogen) atoms. The van der Waals surface area contributed by atoms with E-state index in [4.69, 9.17) is 14.3 Å². The number of oxime groups is 1. The zero-order chi connectivity index (χ0) is 16.6. The van der Waals surface area contributed by atoms with Gasteiger partial charge in [0.25, 0.3) is 0 Å². The highest BCUT2D eigenvalue weighted by Gasteiger charge is 2.59. The Morgan fingerprint density at radius 2 is 1.91 bits per heavy atom. The van der Waals surface area contributed by atoms with Crippen LogP contribution in [0.2, 0.25) is 0 Å². The van der Waals surface area contributed by atoms with Crippen LogP contribution >= 0.6 is 11.8 Å². The van der Waals surface area contributed by atoms with Crippen molar-refractivity contribution in [3.63, 3.8) is 0 Å². The summed E-state index contributed by atoms with van der Waals surface area (Å²) in [6.07, 6.45) is -5.58. The molecule has 0 bridgehead atoms. The van der Waals surface area contributed by atoms with Gasteiger partial charge >= 0.3 is 5.12 Å². The summed E-state index contributed by atoms with van der Waals surface area (Å²) < 4.78 is 10.5. The Hall–Kier alpha value is -1.36. The minimum absolute atomic E-state index is 0.437. The van der Waals surface area contributed by atoms with Crippen LogP contribution in [-0.4, -0.2) is 68.7 Å². The normalized spacial score (nSPS) is 36.7. The van der Waals surface area contributed by atoms with E-state index in [9.17, 15) is 20.4 Å². The number of ether oxygens (including phenoxy) is 2. The molecule has 1 aromatic rings. The van der Waals surface area contributed by atoms with Gasteiger partial charge in [-0.15, -0.1) is 0 Å². The molecule has 5 atom stereocenters. The average Bonchev–Trinajstić information content (AvgIpc) is 3.02. The molecule has 0 saturated carbocycles. The van der Waals surface area contributed by atoms with Gasteiger partial charge in [-0.2, -0.15) is 0 Å². The molecule has 1 spiro atoms. The van der Waals surface area contributed by atoms with Gasteiger partial charge in [-0.3, -0.25) is 0 Å². The van der Waals surface area contributed by atoms with Crippen LogP contribution in [0.15, 0.2) is 29.4 Å². The predicted octanol–water partition coefficient (Wildman–Crippen LogP) is -0.752. The second-order valence-electron chi connectivity index (χ2n) is 5.19. The quantitative estimate of drug-likeness (QED) is 0.566. The van der Waals surface area contributed by atoms with E-state index in [0.29, 0.717) is 16.4 Å². The molecule has 3 rings (SSSR count). The zero-order valence-corrected chi connectivity index (χ0v) is 13.0. The van der Waals surface area contributed by atoms with Crippen LogP contribution in [0.5, 0.6) is 5.75 Å². The maximum Gasteiger partial charge on any atom is 0.320 e. The fraction of sp³-hybridized carbons (Fsp3) is 0.500. The van der Waals surface area contributed by atoms with Crippen molar-refractivity contribution in [2.75, 3.05) is 13.7 Å². The Bertz CT molecular complexity index is 593. The fourth-order valence-electron chi connectivity index (χ4n) is 2.39. The van der Waals surface area contributed by atoms with Crippen molar-refractivity contribution in [1.29, 1.82) is 0 Å². The molecular formula is C14H17NO7S. The van der Waals surface area contributed by atoms with Crippen LogP contribution in [0.25, 0.3) is 0 Å². The molecule has 0 amide bonds. The van der Waals surface area contributed by atoms with Crippen LogP contribution in [0.3, 0.4) is 0 Å². The van der Waals surface area contributed by atoms with Crippen molar-refractivity contribution in [3.05, 3.63) is 29.8 Å². The molecular weight excluding hydrogens is 326 g/mol. The minimum atomic E-state index is -1.71. The smallest absolute Gasteiger partial charge is 0.320 e. The van der Waals surface area contributed by atoms with Crippen LogP contribution in [-0.2, 0) is 9.57 Å². The number of aliphatic hydroxyl groups is 4. The highest BCUT2D eigenvalue weighted by atomic mass is 32.2. The summed E-state index contributed by atoms with van der Waals surface area (Å²) >= 11 is 0.966. The Kier molecular flexibility index (Phi) is 4.50. The SMILES string of the molecule is COc1ccc(C2=NO[C@]3(O[C@H](CO)[C@H](O)[C@H](O)[C@H]3O)S2)cc1. The van der Waals surface area contributed by atoms with E-state index in [-0.39, 0.29) is 0 Å². The fourth-order valence-corrected chi connectivity index (χ4v) is 3.50. The molecule has 8 nitrogen and oxygen atoms in total. The summed E-state index contributed by atoms with van der Waals surface area (Å²) in [7, 11) is 1.56. The topological polar surface area (TPSA) is 121 Å². The monoisotopic (exact) mass is 343 g/mol. The van der Waals surface area contributed by atoms with Gasteiger partial charge in [0, 0.05) is 5.56 Å². The standard InChI is InChI=1S/C14H17NO7S/c1-20-8-4-2-7(3-5-8)13-15-22-14(23-13)12(19)11(18)10(17)9(6-16)21-14/h2-5,9-12,16-19H,6H2,1H3/t9-,10+,11+,12-,14+/m1/s1. The molecule has 0 unspecified atom stereocenters. The first-order valence-electron chi connectivity index (χ1n) is 6.93. The van der Waals surface area contributed by atoms with Gasteiger partial charge in [0.1, 0.15) is 29.1 Å². The summed E-state index contributed by atoms with van der Waals surface area (Å²) in [5, 5.41) is 41.8. The van der Waals surface area contributed by atoms with Crippen molar-refractivity contribution in [1.82, 2.24) is 0 Å². The number of nitrogens with zero attached hydrogens (tertiary/aromatic N) is 1. The highest BCUT2D eigenvalue weighted by Crippen LogP contribution is 2.45. The average molecular weight is 343 g/mol. The first-order valence-corrected chi connectivity index (χ1v) is 7.75. The van der Waals surface area contributed by atoms with E-state index in [2.05, 4.69) is 5.16 Å². The van der Waals surface area contributed by atoms with E-state index in [1.165, 1.54) is 0 Å². The van der Waals surface area contributed by atoms with Crippen LogP contribution in [0, 0.1) is 0 Å². The molecule has 1 aromatic carbocycles. The summed E-state index contributed by atoms with van der Waals surface area (Å²) in [5.41, 5.74) is 0.713. The Morgan fingerprint density at radius 1 is 1.22 bits per heavy atom. The lowest BCUT2D eigenvalue weighted by Gasteiger charge is -2.43. The lowest BCUT2D eigenvalue weighted by atomic mass is 9.99. The number of aliphatic hydroxyl groups excluding tert-OH is 4. The van der Waals surface area contributed by atoms with Crippen molar-refractivity contribution in [3.8, 4) is 5.75 Å². The van der Waals surface area contributed by atoms with Crippen LogP contribution in [0.1, 0.15) is 5.56 Å². The van der Waals surface area contributed by atoms with E-state index >= 15 is 0 Å². The van der Waals surface area contributed by atoms with E-state index < -0.39 is 36.1 Å². The van der Waals surface area contributed by atoms with Gasteiger partial charge in [-0.05, 0) is 36.0 Å². The third kappa shape index (κ3) is 2.80. The summed E-state index contributed by atoms with van der Waals surface area (Å²) in [6, 6.07) is 7.02. The minimum Gasteiger partial charge on any atom is -0.497 e. The van der Waals surface area contributed by atoms with Crippen LogP contribution in [0.4, 0.5) is 0 Å². The van der Waals surface area contributed by atoms with Gasteiger partial charge in [0.15, 0.2) is 6.10 Å². The molecule has 2 heterocycles. The van der Waals surface area contributed by atoms with Crippen molar-refractivity contribution in [2.24, 2.45) is 5.16 Å². The number of benzene rings is 1. The largest absolute Gasteiger partial charge is 0.497 e. The summed E-state index contributed by atoms with van der Waals surface area (Å²) in [5.74, 6) is 0.681. The molecule has 9 heteroatoms. The number of rotatable bonds is 3. The first kappa shape index (κ1) is 16.5. The lowest BCUT2D eigenvalue weighted by Crippen LogP contribution is -2.63. The number of methoxy groups -OCH3 is 1. The Balaban J connectivity index is 1.80. The first-order chi connectivity index (χ1) is 11.0. The maximum absolute atomic E-state index is 10.2. The van der Waals surface area contributed by atoms with Crippen molar-refractivity contribution < 1.29 is 34.7 Å². The number of thioether (sulfide) groups is 1. The number of hydrogen-bond acceptors (Lipinski definition) is 9. The van der Waals surface area contributed by atoms with E-state index in [1.54, 1.807) is 31.4 Å². The van der Waals surface area contributed by atoms with Gasteiger partial charge in [0.2, 0.25) is 0 Å². The molecule has 4 N–H and O–H groups in total. The molecule has 2 aliphatic rings. The molecule has 0 aromatic heterocycles. The molecule has 0 aliphatic carbocycles. The third-order valence-electron chi connectivity index (χ3n) is 3.74. The molecule has 0 radical (unpaired) electrons. The summed E-state index contributed by atoms with van der Waals surface area (Å²) in [6.45, 7) is -0.533. The molecule has 2 aliphatic heterocycles. The molecule has 1 fully saturated rings. The van der Waals surface area contributed by atoms with Crippen LogP contribution < -0.4 is 4.74 Å². The highest BCUT2D eigenvalue weighted by molar-refractivity contribution is 8.15. The van der Waals surface area contributed by atoms with Gasteiger partial charge in [0.05, 0.1) is 13.7 Å². The summed E-state index contributed by atoms with van der Waals surface area (Å²) in [4.78, 5) is 5.23. The second-order valence-corrected chi connectivity index (χ2v) is 6.35. The lowest BCUT2D eigenvalue weighted by molar-refractivity contribution is -0.318. The molecule has 126 valence electrons. The predicted molar refractivity (Wildman–Crippen MR) is 80.9 cm³/mol. The second kappa shape index (κ2) is 6.27. The van der Waals surface area contributed by atoms with E-state index in [1.807, 2.05) is 0 Å². The van der Waals surface area contributed by atoms with Crippen molar-refractivity contribution in [2.45, 2.75) is 29.5 Å². The molecule has 1 saturated heterocycles. The van der Waals surface area contributed by atoms with Gasteiger partial charge in [-0.1, -0.05) is 5.16 Å². The van der Waals surface area contributed by atoms with Gasteiger partial charge in [-0.25, -0.2) is 0 Å². The Labute approximate surface area is 136 Å². The van der Waals surface area contributed by atoms with Crippen molar-refractivity contribution >= 4 is 16.8 Å². The zero-order valence-electron chi connectivity index (χ0n) is 12.2. The number of hydrogen-bond donors (Lipinski definition) is 4. The maximum atomic E-state index is 10.2. The third-order valence-corrected chi connectivity index (χ3v) is 4.94. The Morgan fingerprint density at radius 3 is 2.52 bits per heavy atom. The van der Waals surface area contributed by atoms with E-state index in [0.717, 1.165) is 11.8 Å². The van der Waals surface area contributed by atoms with Gasteiger partial charge < -0.3 is 34.7 Å².